The molecule has 0 aromatic rings. The number of likely N-dealkylation sites (tertiary alicyclic amines) is 2. The zero-order chi connectivity index (χ0) is 15.2. The zero-order valence-corrected chi connectivity index (χ0v) is 13.2. The second-order valence-corrected chi connectivity index (χ2v) is 6.29. The molecule has 0 aromatic heterocycles. The highest BCUT2D eigenvalue weighted by Crippen LogP contribution is 2.20. The fraction of sp³-hybridized carbons (Fsp3) is 0.786. The summed E-state index contributed by atoms with van der Waals surface area (Å²) in [7, 11) is 0. The van der Waals surface area contributed by atoms with Gasteiger partial charge in [-0.15, -0.1) is 0 Å². The van der Waals surface area contributed by atoms with Crippen LogP contribution in [0.3, 0.4) is 0 Å². The number of nitrogens with zero attached hydrogens (tertiary/aromatic N) is 2. The average molecular weight is 312 g/mol. The van der Waals surface area contributed by atoms with Gasteiger partial charge in [-0.05, 0) is 38.8 Å². The summed E-state index contributed by atoms with van der Waals surface area (Å²) in [6, 6.07) is 0.564. The summed E-state index contributed by atoms with van der Waals surface area (Å²) in [5.74, 6) is -1.08. The maximum Gasteiger partial charge on any atom is 0.311 e. The Morgan fingerprint density at radius 3 is 2.29 bits per heavy atom. The molecule has 2 rings (SSSR count). The third-order valence-electron chi connectivity index (χ3n) is 4.28. The maximum atomic E-state index is 12.0. The summed E-state index contributed by atoms with van der Waals surface area (Å²) in [6.45, 7) is 3.73. The lowest BCUT2D eigenvalue weighted by molar-refractivity contribution is -0.146. The van der Waals surface area contributed by atoms with Crippen molar-refractivity contribution in [3.63, 3.8) is 0 Å². The lowest BCUT2D eigenvalue weighted by Crippen LogP contribution is -2.51. The molecule has 2 amide bonds. The summed E-state index contributed by atoms with van der Waals surface area (Å²) in [5, 5.41) is 2.45. The molecule has 0 spiro atoms. The number of piperidine rings is 2. The Balaban J connectivity index is 1.76. The first-order valence-corrected chi connectivity index (χ1v) is 8.08. The van der Waals surface area contributed by atoms with Crippen LogP contribution in [0.4, 0.5) is 0 Å². The quantitative estimate of drug-likeness (QED) is 0.560. The summed E-state index contributed by atoms with van der Waals surface area (Å²) in [4.78, 5) is 28.1. The Labute approximate surface area is 131 Å². The number of hydrogen-bond acceptors (Lipinski definition) is 4. The molecule has 6 nitrogen and oxygen atoms in total. The van der Waals surface area contributed by atoms with Gasteiger partial charge in [0.05, 0.1) is 11.5 Å². The number of nitrogens with one attached hydrogen (secondary N) is 1. The van der Waals surface area contributed by atoms with Crippen LogP contribution in [0, 0.1) is 0 Å². The normalized spacial score (nSPS) is 21.0. The largest absolute Gasteiger partial charge is 0.392 e. The van der Waals surface area contributed by atoms with Crippen LogP contribution in [0.2, 0.25) is 0 Å². The number of thiocarbonyl (C=S) groups is 1. The highest BCUT2D eigenvalue weighted by atomic mass is 32.1. The Morgan fingerprint density at radius 2 is 1.71 bits per heavy atom. The molecule has 0 aromatic carbocycles. The molecule has 2 aliphatic heterocycles. The van der Waals surface area contributed by atoms with Crippen LogP contribution in [0.1, 0.15) is 32.1 Å². The van der Waals surface area contributed by atoms with Gasteiger partial charge in [0, 0.05) is 19.1 Å². The van der Waals surface area contributed by atoms with E-state index >= 15 is 0 Å². The first kappa shape index (κ1) is 16.2. The lowest BCUT2D eigenvalue weighted by Gasteiger charge is -2.40. The van der Waals surface area contributed by atoms with Crippen LogP contribution in [0.25, 0.3) is 0 Å². The molecule has 2 fully saturated rings. The van der Waals surface area contributed by atoms with Crippen molar-refractivity contribution in [1.29, 1.82) is 0 Å². The van der Waals surface area contributed by atoms with Crippen LogP contribution in [0.15, 0.2) is 0 Å². The van der Waals surface area contributed by atoms with E-state index in [1.165, 1.54) is 32.4 Å². The van der Waals surface area contributed by atoms with E-state index in [4.69, 9.17) is 5.73 Å². The average Bonchev–Trinajstić information content (AvgIpc) is 2.53. The Hall–Kier alpha value is -1.21. The van der Waals surface area contributed by atoms with Crippen molar-refractivity contribution in [3.05, 3.63) is 0 Å². The smallest absolute Gasteiger partial charge is 0.311 e. The predicted molar refractivity (Wildman–Crippen MR) is 84.8 cm³/mol. The number of amides is 2. The van der Waals surface area contributed by atoms with E-state index < -0.39 is 11.8 Å². The predicted octanol–water partition coefficient (Wildman–Crippen LogP) is -0.134. The first-order valence-electron chi connectivity index (χ1n) is 7.67. The fourth-order valence-corrected chi connectivity index (χ4v) is 3.18. The van der Waals surface area contributed by atoms with Gasteiger partial charge in [-0.1, -0.05) is 18.6 Å². The number of rotatable bonds is 3. The number of nitrogens with two attached hydrogens (primary N) is 1. The second-order valence-electron chi connectivity index (χ2n) is 5.77. The molecule has 2 heterocycles. The molecule has 0 saturated carbocycles. The Bertz CT molecular complexity index is 402. The highest BCUT2D eigenvalue weighted by Gasteiger charge is 2.29. The molecule has 7 heteroatoms. The monoisotopic (exact) mass is 312 g/mol. The van der Waals surface area contributed by atoms with Gasteiger partial charge < -0.3 is 20.9 Å². The summed E-state index contributed by atoms with van der Waals surface area (Å²) >= 11 is 4.68. The van der Waals surface area contributed by atoms with E-state index in [9.17, 15) is 9.59 Å². The number of hydrogen-bond donors (Lipinski definition) is 2. The van der Waals surface area contributed by atoms with Crippen molar-refractivity contribution in [2.24, 2.45) is 5.73 Å². The van der Waals surface area contributed by atoms with Crippen molar-refractivity contribution < 1.29 is 9.59 Å². The van der Waals surface area contributed by atoms with Crippen molar-refractivity contribution in [3.8, 4) is 0 Å². The Kier molecular flexibility index (Phi) is 5.93. The molecule has 2 aliphatic rings. The molecule has 21 heavy (non-hydrogen) atoms. The van der Waals surface area contributed by atoms with Gasteiger partial charge in [0.15, 0.2) is 0 Å². The minimum absolute atomic E-state index is 0.0736. The van der Waals surface area contributed by atoms with Crippen molar-refractivity contribution in [2.45, 2.75) is 38.1 Å². The molecular formula is C14H24N4O2S. The van der Waals surface area contributed by atoms with Gasteiger partial charge in [0.2, 0.25) is 0 Å². The van der Waals surface area contributed by atoms with Crippen molar-refractivity contribution in [2.75, 3.05) is 32.7 Å². The SMILES string of the molecule is NC(=S)CNC(=O)C(=O)N1CCC(N2CCCCC2)CC1. The maximum absolute atomic E-state index is 12.0. The molecular weight excluding hydrogens is 288 g/mol. The van der Waals surface area contributed by atoms with E-state index in [0.29, 0.717) is 19.1 Å². The van der Waals surface area contributed by atoms with Gasteiger partial charge in [-0.25, -0.2) is 0 Å². The van der Waals surface area contributed by atoms with Gasteiger partial charge in [0.1, 0.15) is 0 Å². The highest BCUT2D eigenvalue weighted by molar-refractivity contribution is 7.80. The van der Waals surface area contributed by atoms with Gasteiger partial charge >= 0.3 is 11.8 Å². The molecule has 0 bridgehead atoms. The topological polar surface area (TPSA) is 78.7 Å². The zero-order valence-electron chi connectivity index (χ0n) is 12.3. The third kappa shape index (κ3) is 4.64. The van der Waals surface area contributed by atoms with Gasteiger partial charge in [0.25, 0.3) is 0 Å². The summed E-state index contributed by atoms with van der Waals surface area (Å²) in [6.07, 6.45) is 5.79. The molecule has 118 valence electrons. The minimum Gasteiger partial charge on any atom is -0.392 e. The van der Waals surface area contributed by atoms with Crippen molar-refractivity contribution >= 4 is 29.0 Å². The van der Waals surface area contributed by atoms with Crippen molar-refractivity contribution in [1.82, 2.24) is 15.1 Å². The molecule has 3 N–H and O–H groups in total. The molecule has 0 aliphatic carbocycles. The summed E-state index contributed by atoms with van der Waals surface area (Å²) in [5.41, 5.74) is 5.31. The van der Waals surface area contributed by atoms with E-state index in [1.807, 2.05) is 0 Å². The van der Waals surface area contributed by atoms with Gasteiger partial charge in [-0.2, -0.15) is 0 Å². The van der Waals surface area contributed by atoms with E-state index in [-0.39, 0.29) is 11.5 Å². The van der Waals surface area contributed by atoms with Crippen LogP contribution in [-0.2, 0) is 9.59 Å². The minimum atomic E-state index is -0.612. The van der Waals surface area contributed by atoms with Crippen LogP contribution < -0.4 is 11.1 Å². The standard InChI is InChI=1S/C14H24N4O2S/c15-12(21)10-16-13(19)14(20)18-8-4-11(5-9-18)17-6-2-1-3-7-17/h11H,1-10H2,(H2,15,21)(H,16,19). The molecule has 2 saturated heterocycles. The molecule has 0 radical (unpaired) electrons. The van der Waals surface area contributed by atoms with E-state index in [1.54, 1.807) is 4.90 Å². The van der Waals surface area contributed by atoms with Crippen LogP contribution in [-0.4, -0.2) is 65.4 Å². The van der Waals surface area contributed by atoms with E-state index in [2.05, 4.69) is 22.4 Å². The molecule has 0 atom stereocenters. The fourth-order valence-electron chi connectivity index (χ4n) is 3.10. The van der Waals surface area contributed by atoms with E-state index in [0.717, 1.165) is 12.8 Å². The van der Waals surface area contributed by atoms with Gasteiger partial charge in [-0.3, -0.25) is 9.59 Å². The first-order chi connectivity index (χ1) is 10.1. The lowest BCUT2D eigenvalue weighted by atomic mass is 10.00. The second kappa shape index (κ2) is 7.70. The van der Waals surface area contributed by atoms with Crippen LogP contribution in [0.5, 0.6) is 0 Å². The molecule has 0 unspecified atom stereocenters. The third-order valence-corrected chi connectivity index (χ3v) is 4.42. The number of carbonyl (C=O) groups is 2. The number of carbonyl (C=O) groups excluding carboxylic acids is 2. The Morgan fingerprint density at radius 1 is 1.10 bits per heavy atom. The summed E-state index contributed by atoms with van der Waals surface area (Å²) < 4.78 is 0. The van der Waals surface area contributed by atoms with Crippen LogP contribution >= 0.6 is 12.2 Å².